The maximum Gasteiger partial charge on any atom is 0.206 e. The van der Waals surface area contributed by atoms with Crippen LogP contribution in [0.4, 0.5) is 5.69 Å². The minimum atomic E-state index is -0.0808. The van der Waals surface area contributed by atoms with Gasteiger partial charge in [-0.25, -0.2) is 9.83 Å². The minimum absolute atomic E-state index is 0.0808. The van der Waals surface area contributed by atoms with E-state index in [0.29, 0.717) is 16.8 Å². The second-order valence-corrected chi connectivity index (χ2v) is 10.0. The van der Waals surface area contributed by atoms with E-state index in [2.05, 4.69) is 87.2 Å². The fourth-order valence-corrected chi connectivity index (χ4v) is 4.87. The van der Waals surface area contributed by atoms with E-state index >= 15 is 0 Å². The van der Waals surface area contributed by atoms with Gasteiger partial charge in [-0.1, -0.05) is 38.5 Å². The van der Waals surface area contributed by atoms with Crippen LogP contribution in [0.2, 0.25) is 0 Å². The molecule has 34 heavy (non-hydrogen) atoms. The van der Waals surface area contributed by atoms with Gasteiger partial charge in [-0.2, -0.15) is 5.26 Å². The van der Waals surface area contributed by atoms with E-state index in [0.717, 1.165) is 39.0 Å². The van der Waals surface area contributed by atoms with Gasteiger partial charge in [0, 0.05) is 22.1 Å². The number of nitrogens with zero attached hydrogens (tertiary/aromatic N) is 5. The van der Waals surface area contributed by atoms with Crippen molar-refractivity contribution in [1.82, 2.24) is 14.4 Å². The summed E-state index contributed by atoms with van der Waals surface area (Å²) in [6.07, 6.45) is 0. The molecule has 166 valence electrons. The third-order valence-electron chi connectivity index (χ3n) is 6.39. The van der Waals surface area contributed by atoms with Crippen LogP contribution < -0.4 is 0 Å². The van der Waals surface area contributed by atoms with Crippen molar-refractivity contribution in [2.24, 2.45) is 0 Å². The zero-order valence-corrected chi connectivity index (χ0v) is 20.3. The van der Waals surface area contributed by atoms with Crippen LogP contribution in [0, 0.1) is 38.7 Å². The van der Waals surface area contributed by atoms with Gasteiger partial charge < -0.3 is 0 Å². The van der Waals surface area contributed by atoms with Gasteiger partial charge in [0.1, 0.15) is 5.65 Å². The first-order valence-electron chi connectivity index (χ1n) is 11.3. The van der Waals surface area contributed by atoms with Crippen molar-refractivity contribution < 1.29 is 0 Å². The van der Waals surface area contributed by atoms with E-state index in [4.69, 9.17) is 16.5 Å². The molecule has 0 spiro atoms. The summed E-state index contributed by atoms with van der Waals surface area (Å²) in [4.78, 5) is 13.6. The topological polar surface area (TPSA) is 58.3 Å². The molecule has 0 bridgehead atoms. The van der Waals surface area contributed by atoms with E-state index in [1.807, 2.05) is 0 Å². The van der Waals surface area contributed by atoms with Crippen LogP contribution in [-0.2, 0) is 5.41 Å². The maximum absolute atomic E-state index is 9.56. The molecule has 0 atom stereocenters. The average Bonchev–Trinajstić information content (AvgIpc) is 3.15. The fourth-order valence-electron chi connectivity index (χ4n) is 4.87. The molecule has 5 rings (SSSR count). The number of hydrogen-bond acceptors (Lipinski definition) is 3. The molecule has 0 N–H and O–H groups in total. The number of fused-ring (bicyclic) bond motifs is 5. The molecule has 5 heteroatoms. The fraction of sp³-hybridized carbons (Fsp3) is 0.241. The van der Waals surface area contributed by atoms with Crippen LogP contribution in [0.1, 0.15) is 48.7 Å². The summed E-state index contributed by atoms with van der Waals surface area (Å²) in [6.45, 7) is 20.4. The molecule has 0 saturated heterocycles. The lowest BCUT2D eigenvalue weighted by molar-refractivity contribution is 0.571. The highest BCUT2D eigenvalue weighted by Gasteiger charge is 2.21. The van der Waals surface area contributed by atoms with Crippen LogP contribution in [0.25, 0.3) is 43.7 Å². The quantitative estimate of drug-likeness (QED) is 0.255. The lowest BCUT2D eigenvalue weighted by atomic mass is 9.91. The first-order chi connectivity index (χ1) is 16.1. The molecule has 0 aliphatic heterocycles. The van der Waals surface area contributed by atoms with Crippen molar-refractivity contribution in [2.75, 3.05) is 0 Å². The number of rotatable bonds is 1. The van der Waals surface area contributed by atoms with E-state index in [9.17, 15) is 5.26 Å². The number of pyridine rings is 2. The second-order valence-electron chi connectivity index (χ2n) is 10.0. The third-order valence-corrected chi connectivity index (χ3v) is 6.39. The zero-order valence-electron chi connectivity index (χ0n) is 20.3. The van der Waals surface area contributed by atoms with E-state index in [-0.39, 0.29) is 5.41 Å². The Morgan fingerprint density at radius 2 is 1.65 bits per heavy atom. The highest BCUT2D eigenvalue weighted by atomic mass is 15.0. The molecule has 0 saturated carbocycles. The Labute approximate surface area is 199 Å². The molecule has 5 nitrogen and oxygen atoms in total. The first-order valence-corrected chi connectivity index (χ1v) is 11.3. The Hall–Kier alpha value is -4.22. The lowest BCUT2D eigenvalue weighted by Gasteiger charge is -2.19. The number of imidazole rings is 1. The van der Waals surface area contributed by atoms with Crippen LogP contribution in [0.5, 0.6) is 0 Å². The van der Waals surface area contributed by atoms with Gasteiger partial charge in [0.15, 0.2) is 0 Å². The normalized spacial score (nSPS) is 11.8. The molecule has 0 amide bonds. The van der Waals surface area contributed by atoms with Gasteiger partial charge in [0.25, 0.3) is 0 Å². The lowest BCUT2D eigenvalue weighted by Crippen LogP contribution is -2.13. The minimum Gasteiger partial charge on any atom is -0.293 e. The van der Waals surface area contributed by atoms with E-state index in [1.165, 1.54) is 16.7 Å². The second kappa shape index (κ2) is 7.40. The van der Waals surface area contributed by atoms with Crippen molar-refractivity contribution in [3.8, 4) is 17.3 Å². The highest BCUT2D eigenvalue weighted by Crippen LogP contribution is 2.37. The van der Waals surface area contributed by atoms with Crippen molar-refractivity contribution >= 4 is 33.3 Å². The third kappa shape index (κ3) is 3.21. The summed E-state index contributed by atoms with van der Waals surface area (Å²) in [5.74, 6) is 0. The molecule has 5 aromatic rings. The Balaban J connectivity index is 2.02. The molecule has 3 heterocycles. The monoisotopic (exact) mass is 443 g/mol. The van der Waals surface area contributed by atoms with Crippen LogP contribution in [0.3, 0.4) is 0 Å². The number of hydrogen-bond donors (Lipinski definition) is 0. The summed E-state index contributed by atoms with van der Waals surface area (Å²) < 4.78 is 2.12. The van der Waals surface area contributed by atoms with E-state index in [1.54, 1.807) is 12.1 Å². The molecular formula is C29H25N5. The summed E-state index contributed by atoms with van der Waals surface area (Å²) in [5.41, 5.74) is 10.5. The predicted molar refractivity (Wildman–Crippen MR) is 137 cm³/mol. The van der Waals surface area contributed by atoms with Crippen LogP contribution >= 0.6 is 0 Å². The van der Waals surface area contributed by atoms with Crippen molar-refractivity contribution in [2.45, 2.75) is 47.0 Å². The largest absolute Gasteiger partial charge is 0.293 e. The standard InChI is InChI=1S/C29H25N5/c1-16-10-17(2)27(18(3)11-16)25-14-22-20(8-9-26(32-22)29(4,5)6)28-33-23-12-19(15-30)21(31-7)13-24(23)34(25)28/h8-14H,1-6H3. The molecule has 0 fully saturated rings. The predicted octanol–water partition coefficient (Wildman–Crippen LogP) is 7.35. The summed E-state index contributed by atoms with van der Waals surface area (Å²) in [5, 5.41) is 10.5. The van der Waals surface area contributed by atoms with Gasteiger partial charge >= 0.3 is 0 Å². The van der Waals surface area contributed by atoms with Gasteiger partial charge in [-0.15, -0.1) is 0 Å². The average molecular weight is 444 g/mol. The Morgan fingerprint density at radius 3 is 2.26 bits per heavy atom. The maximum atomic E-state index is 9.56. The Kier molecular flexibility index (Phi) is 4.71. The smallest absolute Gasteiger partial charge is 0.206 e. The van der Waals surface area contributed by atoms with Gasteiger partial charge in [0.2, 0.25) is 5.69 Å². The SMILES string of the molecule is [C-]#[N+]c1cc2c(cc1C#N)nc1c3ccc(C(C)(C)C)nc3cc(-c3c(C)cc(C)cc3C)n21. The van der Waals surface area contributed by atoms with Crippen LogP contribution in [0.15, 0.2) is 42.5 Å². The van der Waals surface area contributed by atoms with E-state index < -0.39 is 0 Å². The summed E-state index contributed by atoms with van der Waals surface area (Å²) >= 11 is 0. The molecule has 0 aliphatic rings. The summed E-state index contributed by atoms with van der Waals surface area (Å²) in [6, 6.07) is 16.3. The van der Waals surface area contributed by atoms with Gasteiger partial charge in [-0.3, -0.25) is 9.38 Å². The van der Waals surface area contributed by atoms with Gasteiger partial charge in [-0.05, 0) is 62.2 Å². The first kappa shape index (κ1) is 21.6. The Bertz CT molecular complexity index is 1710. The van der Waals surface area contributed by atoms with Gasteiger partial charge in [0.05, 0.1) is 40.4 Å². The molecule has 3 aromatic heterocycles. The van der Waals surface area contributed by atoms with Crippen molar-refractivity contribution in [1.29, 1.82) is 5.26 Å². The molecule has 0 aliphatic carbocycles. The molecule has 0 unspecified atom stereocenters. The highest BCUT2D eigenvalue weighted by molar-refractivity contribution is 6.01. The number of aromatic nitrogens is 3. The molecular weight excluding hydrogens is 418 g/mol. The number of aryl methyl sites for hydroxylation is 3. The Morgan fingerprint density at radius 1 is 0.941 bits per heavy atom. The number of nitriles is 1. The summed E-state index contributed by atoms with van der Waals surface area (Å²) in [7, 11) is 0. The molecule has 2 aromatic carbocycles. The number of benzene rings is 2. The zero-order chi connectivity index (χ0) is 24.4. The van der Waals surface area contributed by atoms with Crippen molar-refractivity contribution in [3.63, 3.8) is 0 Å². The molecule has 0 radical (unpaired) electrons. The van der Waals surface area contributed by atoms with Crippen LogP contribution in [-0.4, -0.2) is 14.4 Å². The van der Waals surface area contributed by atoms with Crippen molar-refractivity contribution in [3.05, 3.63) is 81.8 Å².